The summed E-state index contributed by atoms with van der Waals surface area (Å²) < 4.78 is 14.7. The van der Waals surface area contributed by atoms with Crippen LogP contribution in [0.3, 0.4) is 0 Å². The molecule has 1 saturated heterocycles. The average molecular weight is 1010 g/mol. The van der Waals surface area contributed by atoms with Gasteiger partial charge in [-0.25, -0.2) is 9.97 Å². The quantitative estimate of drug-likeness (QED) is 0.0854. The maximum absolute atomic E-state index is 15.2. The lowest BCUT2D eigenvalue weighted by atomic mass is 9.51. The van der Waals surface area contributed by atoms with Crippen LogP contribution >= 0.6 is 0 Å². The van der Waals surface area contributed by atoms with Gasteiger partial charge in [0, 0.05) is 75.6 Å². The molecule has 6 aliphatic carbocycles. The second kappa shape index (κ2) is 15.6. The number of hydrogen-bond acceptors (Lipinski definition) is 13. The fourth-order valence-corrected chi connectivity index (χ4v) is 16.8. The zero-order chi connectivity index (χ0) is 51.1. The summed E-state index contributed by atoms with van der Waals surface area (Å²) in [5.41, 5.74) is 3.13. The molecule has 75 heavy (non-hydrogen) atoms. The van der Waals surface area contributed by atoms with E-state index in [9.17, 15) is 30.6 Å². The molecule has 3 aromatic heterocycles. The zero-order valence-electron chi connectivity index (χ0n) is 41.6. The summed E-state index contributed by atoms with van der Waals surface area (Å²) >= 11 is 0. The van der Waals surface area contributed by atoms with E-state index < -0.39 is 64.3 Å². The number of ketones is 2. The summed E-state index contributed by atoms with van der Waals surface area (Å²) in [7, 11) is 0. The van der Waals surface area contributed by atoms with Crippen molar-refractivity contribution in [3.05, 3.63) is 152 Å². The Bertz CT molecular complexity index is 3560. The molecule has 3 saturated carbocycles. The topological polar surface area (TPSA) is 243 Å². The highest BCUT2D eigenvalue weighted by Crippen LogP contribution is 2.73. The fourth-order valence-electron chi connectivity index (χ4n) is 16.8. The number of carbonyl (C=O) groups is 2. The van der Waals surface area contributed by atoms with Gasteiger partial charge in [-0.15, -0.1) is 0 Å². The van der Waals surface area contributed by atoms with Crippen LogP contribution in [0.5, 0.6) is 11.5 Å². The van der Waals surface area contributed by atoms with E-state index in [0.717, 1.165) is 72.3 Å². The molecule has 16 rings (SSSR count). The molecule has 0 radical (unpaired) electrons. The van der Waals surface area contributed by atoms with Crippen molar-refractivity contribution in [1.29, 1.82) is 0 Å². The summed E-state index contributed by atoms with van der Waals surface area (Å²) in [4.78, 5) is 47.1. The summed E-state index contributed by atoms with van der Waals surface area (Å²) in [6.07, 6.45) is 6.12. The number of carbonyl (C=O) groups excluding carboxylic acids is 2. The predicted octanol–water partition coefficient (Wildman–Crippen LogP) is 7.13. The number of ether oxygens (including phenoxy) is 2. The van der Waals surface area contributed by atoms with E-state index in [2.05, 4.69) is 33.5 Å². The highest BCUT2D eigenvalue weighted by atomic mass is 16.7. The molecule has 15 heteroatoms. The van der Waals surface area contributed by atoms with Gasteiger partial charge < -0.3 is 55.4 Å². The molecule has 10 aliphatic rings. The highest BCUT2D eigenvalue weighted by Gasteiger charge is 2.76. The number of nitrogens with zero attached hydrogens (tertiary/aromatic N) is 2. The lowest BCUT2D eigenvalue weighted by molar-refractivity contribution is -0.366. The first-order valence-electron chi connectivity index (χ1n) is 26.9. The van der Waals surface area contributed by atoms with Crippen LogP contribution in [0.15, 0.2) is 90.4 Å². The molecule has 8 bridgehead atoms. The number of nitrogens with one attached hydrogen (secondary N) is 3. The van der Waals surface area contributed by atoms with Gasteiger partial charge in [0.1, 0.15) is 29.5 Å². The number of rotatable bonds is 4. The predicted molar refractivity (Wildman–Crippen MR) is 274 cm³/mol. The van der Waals surface area contributed by atoms with Crippen molar-refractivity contribution in [2.45, 2.75) is 138 Å². The van der Waals surface area contributed by atoms with E-state index in [4.69, 9.17) is 19.4 Å². The fraction of sp³-hybridized carbons (Fsp3) is 0.433. The highest BCUT2D eigenvalue weighted by molar-refractivity contribution is 6.34. The Morgan fingerprint density at radius 2 is 1.65 bits per heavy atom. The molecule has 0 amide bonds. The first-order valence-corrected chi connectivity index (χ1v) is 26.9. The number of phenolic OH excluding ortho intramolecular Hbond substituents is 1. The molecule has 7 heterocycles. The Labute approximate surface area is 431 Å². The summed E-state index contributed by atoms with van der Waals surface area (Å²) in [6, 6.07) is 18.5. The zero-order valence-corrected chi connectivity index (χ0v) is 41.6. The molecule has 5 spiro atoms. The maximum atomic E-state index is 15.2. The van der Waals surface area contributed by atoms with Gasteiger partial charge in [0.05, 0.1) is 35.4 Å². The van der Waals surface area contributed by atoms with Crippen LogP contribution < -0.4 is 10.1 Å². The number of fused-ring (bicyclic) bond motifs is 7. The van der Waals surface area contributed by atoms with Gasteiger partial charge in [0.15, 0.2) is 17.5 Å². The number of aromatic amines is 2. The van der Waals surface area contributed by atoms with E-state index in [1.807, 2.05) is 18.2 Å². The minimum Gasteiger partial charge on any atom is -0.507 e. The number of H-pyrrole nitrogens is 2. The first kappa shape index (κ1) is 45.9. The minimum absolute atomic E-state index is 0.00159. The summed E-state index contributed by atoms with van der Waals surface area (Å²) in [5.74, 6) is -4.32. The van der Waals surface area contributed by atoms with Crippen molar-refractivity contribution in [3.63, 3.8) is 0 Å². The van der Waals surface area contributed by atoms with E-state index in [1.165, 1.54) is 6.07 Å². The molecule has 4 aliphatic heterocycles. The Kier molecular flexibility index (Phi) is 9.53. The number of benzene rings is 3. The van der Waals surface area contributed by atoms with Gasteiger partial charge in [0.25, 0.3) is 5.79 Å². The number of imidazole rings is 1. The van der Waals surface area contributed by atoms with Crippen molar-refractivity contribution in [3.8, 4) is 11.5 Å². The summed E-state index contributed by atoms with van der Waals surface area (Å²) in [5, 5.41) is 81.8. The van der Waals surface area contributed by atoms with Crippen LogP contribution in [-0.4, -0.2) is 111 Å². The third-order valence-electron chi connectivity index (χ3n) is 19.9. The van der Waals surface area contributed by atoms with Gasteiger partial charge in [-0.2, -0.15) is 0 Å². The van der Waals surface area contributed by atoms with Gasteiger partial charge in [-0.1, -0.05) is 55.2 Å². The lowest BCUT2D eigenvalue weighted by Gasteiger charge is -2.64. The Balaban J connectivity index is 1.02. The molecule has 9 N–H and O–H groups in total. The number of aromatic nitrogens is 4. The minimum atomic E-state index is -2.45. The van der Waals surface area contributed by atoms with Crippen LogP contribution in [0.2, 0.25) is 0 Å². The van der Waals surface area contributed by atoms with E-state index in [1.54, 1.807) is 43.7 Å². The molecule has 10 unspecified atom stereocenters. The third kappa shape index (κ3) is 5.96. The van der Waals surface area contributed by atoms with Crippen LogP contribution in [0.4, 0.5) is 5.82 Å². The normalized spacial score (nSPS) is 33.5. The van der Waals surface area contributed by atoms with Crippen LogP contribution in [0, 0.1) is 23.2 Å². The Morgan fingerprint density at radius 1 is 0.827 bits per heavy atom. The van der Waals surface area contributed by atoms with E-state index in [0.29, 0.717) is 83.9 Å². The van der Waals surface area contributed by atoms with E-state index in [-0.39, 0.29) is 51.6 Å². The number of phenols is 1. The number of anilines is 1. The van der Waals surface area contributed by atoms with Crippen LogP contribution in [0.25, 0.3) is 16.3 Å². The molecular weight excluding hydrogens is 951 g/mol. The third-order valence-corrected chi connectivity index (χ3v) is 19.9. The second-order valence-electron chi connectivity index (χ2n) is 23.8. The largest absolute Gasteiger partial charge is 0.507 e. The molecule has 4 fully saturated rings. The molecular formula is C60H59N5O10. The smallest absolute Gasteiger partial charge is 0.261 e. The Morgan fingerprint density at radius 3 is 2.48 bits per heavy atom. The van der Waals surface area contributed by atoms with Gasteiger partial charge >= 0.3 is 0 Å². The van der Waals surface area contributed by atoms with Crippen LogP contribution in [0.1, 0.15) is 148 Å². The number of aliphatic hydroxyl groups is 5. The van der Waals surface area contributed by atoms with Crippen LogP contribution in [-0.2, 0) is 17.6 Å². The molecule has 15 nitrogen and oxygen atoms in total. The van der Waals surface area contributed by atoms with Gasteiger partial charge in [0.2, 0.25) is 5.78 Å². The second-order valence-corrected chi connectivity index (χ2v) is 23.8. The number of aryl methyl sites for hydroxylation is 1. The number of hydrogen-bond donors (Lipinski definition) is 9. The number of pyridine rings is 1. The number of aromatic hydroxyl groups is 1. The monoisotopic (exact) mass is 1010 g/mol. The standard InChI is InChI=1S/C60H59N5O10/c1-29-18-35-44(41(66)19-29)50(69)46-42-23-33-32(45(46)49(35)68)11-17-61-54(33)62-26-43(67)58-14-7-10-37(58)34-21-31(22-40-39(63-28-64-40)20-30-8-3-2-4-9-30)65-48(34)36-24-59(74-42)52(71)51(70)53(72)60(75-59)47(36)38(58)25-57(55(60)73)16-15-56(27-57)12-5-6-13-56/h2-4,8-9,11,17-19,21,23-24,28,37,43,51-53,55,65-67,70-73H,5-7,10,12-16,20,22,25-27H2,1H3,(H,61,62)(H,63,64). The van der Waals surface area contributed by atoms with Crippen molar-refractivity contribution in [2.75, 3.05) is 11.9 Å². The SMILES string of the molecule is Cc1cc(O)c2c(c1)C(=O)c1c(c3cc4c(nccc14)NCC(O)C14CCCC1c1cc(Cc5nc[nH]c5Cc5ccccc5)[nH]c1C1=CC5(O3)OC3(C1=C4CC1(CCC4(CCCC4)C1)C3O)C(O)C(O)C5O)C2=O. The molecule has 3 aromatic carbocycles. The lowest BCUT2D eigenvalue weighted by Crippen LogP contribution is -2.78. The molecule has 6 aromatic rings. The first-order chi connectivity index (χ1) is 36.2. The van der Waals surface area contributed by atoms with Gasteiger partial charge in [-0.3, -0.25) is 9.59 Å². The van der Waals surface area contributed by atoms with Crippen molar-refractivity contribution < 1.29 is 49.7 Å². The van der Waals surface area contributed by atoms with Crippen molar-refractivity contribution >= 4 is 33.7 Å². The van der Waals surface area contributed by atoms with Gasteiger partial charge in [-0.05, 0) is 134 Å². The number of aliphatic hydroxyl groups excluding tert-OH is 5. The van der Waals surface area contributed by atoms with E-state index >= 15 is 9.59 Å². The summed E-state index contributed by atoms with van der Waals surface area (Å²) in [6.45, 7) is 1.72. The van der Waals surface area contributed by atoms with Crippen molar-refractivity contribution in [2.24, 2.45) is 16.2 Å². The Hall–Kier alpha value is -6.46. The maximum Gasteiger partial charge on any atom is 0.261 e. The molecule has 384 valence electrons. The average Bonchev–Trinajstić information content (AvgIpc) is 4.48. The van der Waals surface area contributed by atoms with Crippen molar-refractivity contribution in [1.82, 2.24) is 19.9 Å². The molecule has 10 atom stereocenters.